The molecule has 4 aromatic rings. The number of hydrogen-bond acceptors (Lipinski definition) is 3. The van der Waals surface area contributed by atoms with E-state index in [1.54, 1.807) is 0 Å². The Labute approximate surface area is 191 Å². The number of ether oxygens (including phenoxy) is 2. The quantitative estimate of drug-likeness (QED) is 0.231. The van der Waals surface area contributed by atoms with E-state index in [9.17, 15) is 9.90 Å². The predicted molar refractivity (Wildman–Crippen MR) is 127 cm³/mol. The summed E-state index contributed by atoms with van der Waals surface area (Å²) in [6.45, 7) is 4.45. The topological polar surface area (TPSA) is 71.6 Å². The van der Waals surface area contributed by atoms with Crippen LogP contribution in [0.15, 0.2) is 60.7 Å². The number of halogens is 1. The summed E-state index contributed by atoms with van der Waals surface area (Å²) < 4.78 is 11.0. The maximum atomic E-state index is 11.3. The van der Waals surface area contributed by atoms with Gasteiger partial charge in [0.05, 0.1) is 12.1 Å². The standard InChI is InChI=1S/C26H24ClNO4/c1-16-8-3-4-9-18(16)19-10-5-11-20-21(25(28-24(19)20)32-26(29)30)12-7-15-31-23-14-6-13-22(27)17(23)2/h3-6,8-11,13-14,28H,7,12,15H2,1-2H3,(H,29,30). The van der Waals surface area contributed by atoms with Gasteiger partial charge in [0.1, 0.15) is 5.75 Å². The molecular weight excluding hydrogens is 426 g/mol. The first-order valence-electron chi connectivity index (χ1n) is 10.4. The zero-order valence-corrected chi connectivity index (χ0v) is 18.7. The number of fused-ring (bicyclic) bond motifs is 1. The molecule has 0 aliphatic carbocycles. The van der Waals surface area contributed by atoms with Crippen LogP contribution in [0.5, 0.6) is 11.6 Å². The highest BCUT2D eigenvalue weighted by molar-refractivity contribution is 6.31. The van der Waals surface area contributed by atoms with Crippen molar-refractivity contribution in [3.63, 3.8) is 0 Å². The lowest BCUT2D eigenvalue weighted by Crippen LogP contribution is -2.06. The van der Waals surface area contributed by atoms with Crippen molar-refractivity contribution in [1.29, 1.82) is 0 Å². The fraction of sp³-hybridized carbons (Fsp3) is 0.192. The van der Waals surface area contributed by atoms with Gasteiger partial charge in [-0.1, -0.05) is 60.1 Å². The lowest BCUT2D eigenvalue weighted by molar-refractivity contribution is 0.142. The second-order valence-corrected chi connectivity index (χ2v) is 8.07. The van der Waals surface area contributed by atoms with E-state index in [0.717, 1.165) is 44.5 Å². The van der Waals surface area contributed by atoms with Crippen LogP contribution >= 0.6 is 11.6 Å². The Morgan fingerprint density at radius 1 is 1.00 bits per heavy atom. The molecule has 164 valence electrons. The highest BCUT2D eigenvalue weighted by atomic mass is 35.5. The number of rotatable bonds is 7. The minimum atomic E-state index is -1.35. The summed E-state index contributed by atoms with van der Waals surface area (Å²) in [6, 6.07) is 19.7. The molecule has 4 rings (SSSR count). The third-order valence-corrected chi connectivity index (χ3v) is 5.98. The Morgan fingerprint density at radius 3 is 2.53 bits per heavy atom. The number of para-hydroxylation sites is 1. The molecule has 32 heavy (non-hydrogen) atoms. The van der Waals surface area contributed by atoms with Crippen molar-refractivity contribution < 1.29 is 19.4 Å². The van der Waals surface area contributed by atoms with Crippen LogP contribution < -0.4 is 9.47 Å². The summed E-state index contributed by atoms with van der Waals surface area (Å²) >= 11 is 6.16. The summed E-state index contributed by atoms with van der Waals surface area (Å²) in [5.74, 6) is 1.01. The molecule has 6 heteroatoms. The maximum Gasteiger partial charge on any atom is 0.512 e. The van der Waals surface area contributed by atoms with Crippen LogP contribution in [0.4, 0.5) is 4.79 Å². The number of nitrogens with one attached hydrogen (secondary N) is 1. The number of aromatic amines is 1. The Hall–Kier alpha value is -3.44. The summed E-state index contributed by atoms with van der Waals surface area (Å²) in [5, 5.41) is 10.9. The lowest BCUT2D eigenvalue weighted by Gasteiger charge is -2.10. The van der Waals surface area contributed by atoms with Crippen molar-refractivity contribution in [1.82, 2.24) is 4.98 Å². The molecule has 0 bridgehead atoms. The van der Waals surface area contributed by atoms with Crippen molar-refractivity contribution >= 4 is 28.7 Å². The normalized spacial score (nSPS) is 11.0. The first-order valence-corrected chi connectivity index (χ1v) is 10.8. The first kappa shape index (κ1) is 21.8. The smallest absolute Gasteiger partial charge is 0.493 e. The van der Waals surface area contributed by atoms with E-state index in [4.69, 9.17) is 21.1 Å². The second kappa shape index (κ2) is 9.37. The Kier molecular flexibility index (Phi) is 6.37. The van der Waals surface area contributed by atoms with Crippen molar-refractivity contribution in [2.24, 2.45) is 0 Å². The fourth-order valence-corrected chi connectivity index (χ4v) is 4.11. The highest BCUT2D eigenvalue weighted by Crippen LogP contribution is 2.36. The molecule has 0 atom stereocenters. The molecule has 0 saturated carbocycles. The monoisotopic (exact) mass is 449 g/mol. The number of aromatic nitrogens is 1. The largest absolute Gasteiger partial charge is 0.512 e. The van der Waals surface area contributed by atoms with Gasteiger partial charge in [0.15, 0.2) is 0 Å². The van der Waals surface area contributed by atoms with Gasteiger partial charge >= 0.3 is 6.16 Å². The SMILES string of the molecule is Cc1ccccc1-c1cccc2c(CCCOc3cccc(Cl)c3C)c(OC(=O)O)[nH]c12. The van der Waals surface area contributed by atoms with E-state index < -0.39 is 6.16 Å². The van der Waals surface area contributed by atoms with Crippen LogP contribution in [-0.2, 0) is 6.42 Å². The molecule has 1 aromatic heterocycles. The van der Waals surface area contributed by atoms with Gasteiger partial charge in [0.2, 0.25) is 5.88 Å². The third-order valence-electron chi connectivity index (χ3n) is 5.57. The number of hydrogen-bond donors (Lipinski definition) is 2. The van der Waals surface area contributed by atoms with E-state index in [1.165, 1.54) is 0 Å². The van der Waals surface area contributed by atoms with Gasteiger partial charge < -0.3 is 19.6 Å². The molecule has 1 heterocycles. The minimum absolute atomic E-state index is 0.257. The van der Waals surface area contributed by atoms with Gasteiger partial charge in [-0.25, -0.2) is 4.79 Å². The van der Waals surface area contributed by atoms with Crippen molar-refractivity contribution in [3.05, 3.63) is 82.4 Å². The Balaban J connectivity index is 1.62. The van der Waals surface area contributed by atoms with Gasteiger partial charge in [-0.15, -0.1) is 0 Å². The van der Waals surface area contributed by atoms with E-state index in [1.807, 2.05) is 55.5 Å². The number of H-pyrrole nitrogens is 1. The molecule has 0 aliphatic heterocycles. The van der Waals surface area contributed by atoms with Crippen LogP contribution in [0.1, 0.15) is 23.1 Å². The van der Waals surface area contributed by atoms with Gasteiger partial charge in [-0.05, 0) is 49.9 Å². The van der Waals surface area contributed by atoms with Crippen molar-refractivity contribution in [2.75, 3.05) is 6.61 Å². The average Bonchev–Trinajstić information content (AvgIpc) is 3.11. The predicted octanol–water partition coefficient (Wildman–Crippen LogP) is 7.17. The van der Waals surface area contributed by atoms with E-state index in [-0.39, 0.29) is 5.88 Å². The van der Waals surface area contributed by atoms with Crippen LogP contribution in [0.2, 0.25) is 5.02 Å². The molecule has 0 saturated heterocycles. The summed E-state index contributed by atoms with van der Waals surface area (Å²) in [7, 11) is 0. The summed E-state index contributed by atoms with van der Waals surface area (Å²) in [4.78, 5) is 14.5. The van der Waals surface area contributed by atoms with E-state index in [0.29, 0.717) is 24.5 Å². The molecule has 3 aromatic carbocycles. The first-order chi connectivity index (χ1) is 15.5. The summed E-state index contributed by atoms with van der Waals surface area (Å²) in [6.07, 6.45) is -0.0656. The minimum Gasteiger partial charge on any atom is -0.493 e. The Morgan fingerprint density at radius 2 is 1.75 bits per heavy atom. The number of benzene rings is 3. The van der Waals surface area contributed by atoms with Crippen LogP contribution in [-0.4, -0.2) is 22.9 Å². The molecule has 0 spiro atoms. The Bertz CT molecular complexity index is 1280. The number of carbonyl (C=O) groups is 1. The van der Waals surface area contributed by atoms with Crippen molar-refractivity contribution in [3.8, 4) is 22.8 Å². The molecule has 0 aliphatic rings. The molecule has 2 N–H and O–H groups in total. The van der Waals surface area contributed by atoms with Crippen LogP contribution in [0, 0.1) is 13.8 Å². The molecule has 0 radical (unpaired) electrons. The molecule has 0 amide bonds. The second-order valence-electron chi connectivity index (χ2n) is 7.66. The van der Waals surface area contributed by atoms with Crippen LogP contribution in [0.25, 0.3) is 22.0 Å². The summed E-state index contributed by atoms with van der Waals surface area (Å²) in [5.41, 5.74) is 5.82. The van der Waals surface area contributed by atoms with Crippen molar-refractivity contribution in [2.45, 2.75) is 26.7 Å². The van der Waals surface area contributed by atoms with E-state index >= 15 is 0 Å². The highest BCUT2D eigenvalue weighted by Gasteiger charge is 2.18. The lowest BCUT2D eigenvalue weighted by atomic mass is 9.97. The fourth-order valence-electron chi connectivity index (χ4n) is 3.95. The molecule has 0 unspecified atom stereocenters. The molecular formula is C26H24ClNO4. The zero-order valence-electron chi connectivity index (χ0n) is 17.9. The van der Waals surface area contributed by atoms with Gasteiger partial charge in [-0.2, -0.15) is 0 Å². The van der Waals surface area contributed by atoms with Gasteiger partial charge in [-0.3, -0.25) is 0 Å². The molecule has 0 fully saturated rings. The van der Waals surface area contributed by atoms with Gasteiger partial charge in [0, 0.05) is 27.1 Å². The average molecular weight is 450 g/mol. The maximum absolute atomic E-state index is 11.3. The van der Waals surface area contributed by atoms with E-state index in [2.05, 4.69) is 24.0 Å². The number of aryl methyl sites for hydroxylation is 2. The third kappa shape index (κ3) is 4.43. The van der Waals surface area contributed by atoms with Crippen LogP contribution in [0.3, 0.4) is 0 Å². The van der Waals surface area contributed by atoms with Gasteiger partial charge in [0.25, 0.3) is 0 Å². The number of carboxylic acid groups (broad SMARTS) is 1. The molecule has 5 nitrogen and oxygen atoms in total. The zero-order chi connectivity index (χ0) is 22.7.